The van der Waals surface area contributed by atoms with Gasteiger partial charge in [0.2, 0.25) is 0 Å². The van der Waals surface area contributed by atoms with Gasteiger partial charge in [0.25, 0.3) is 0 Å². The highest BCUT2D eigenvalue weighted by molar-refractivity contribution is 5.63. The number of benzene rings is 2. The predicted octanol–water partition coefficient (Wildman–Crippen LogP) is 4.26. The summed E-state index contributed by atoms with van der Waals surface area (Å²) >= 11 is 0. The van der Waals surface area contributed by atoms with E-state index in [0.29, 0.717) is 0 Å². The largest absolute Gasteiger partial charge is 0.207 e. The topological polar surface area (TPSA) is 0 Å². The fourth-order valence-corrected chi connectivity index (χ4v) is 1.71. The van der Waals surface area contributed by atoms with Crippen molar-refractivity contribution in [2.24, 2.45) is 0 Å². The van der Waals surface area contributed by atoms with Crippen LogP contribution in [0.25, 0.3) is 11.1 Å². The summed E-state index contributed by atoms with van der Waals surface area (Å²) in [5, 5.41) is 0. The maximum Gasteiger partial charge on any atom is 0.123 e. The van der Waals surface area contributed by atoms with Gasteiger partial charge in [0, 0.05) is 0 Å². The molecule has 0 unspecified atom stereocenters. The van der Waals surface area contributed by atoms with Crippen LogP contribution >= 0.6 is 0 Å². The molecular formula is C15H14F. The lowest BCUT2D eigenvalue weighted by Gasteiger charge is -2.03. The highest BCUT2D eigenvalue weighted by Gasteiger charge is 1.98. The van der Waals surface area contributed by atoms with Gasteiger partial charge in [-0.05, 0) is 41.7 Å². The van der Waals surface area contributed by atoms with E-state index in [1.54, 1.807) is 12.1 Å². The maximum atomic E-state index is 12.8. The second kappa shape index (κ2) is 4.93. The van der Waals surface area contributed by atoms with Gasteiger partial charge >= 0.3 is 0 Å². The molecule has 0 fully saturated rings. The zero-order chi connectivity index (χ0) is 11.4. The van der Waals surface area contributed by atoms with Crippen LogP contribution in [0.1, 0.15) is 12.0 Å². The summed E-state index contributed by atoms with van der Waals surface area (Å²) in [6.45, 7) is 3.83. The van der Waals surface area contributed by atoms with Gasteiger partial charge in [-0.3, -0.25) is 0 Å². The van der Waals surface area contributed by atoms with E-state index < -0.39 is 0 Å². The Morgan fingerprint density at radius 1 is 0.812 bits per heavy atom. The first kappa shape index (κ1) is 10.9. The molecule has 0 N–H and O–H groups in total. The fourth-order valence-electron chi connectivity index (χ4n) is 1.71. The molecule has 1 radical (unpaired) electrons. The molecule has 2 aromatic rings. The van der Waals surface area contributed by atoms with Gasteiger partial charge in [-0.15, -0.1) is 0 Å². The first-order chi connectivity index (χ1) is 7.79. The molecule has 0 aliphatic heterocycles. The Morgan fingerprint density at radius 2 is 1.31 bits per heavy atom. The van der Waals surface area contributed by atoms with Gasteiger partial charge in [0.05, 0.1) is 0 Å². The highest BCUT2D eigenvalue weighted by atomic mass is 19.1. The number of halogens is 1. The van der Waals surface area contributed by atoms with Crippen molar-refractivity contribution in [3.63, 3.8) is 0 Å². The minimum absolute atomic E-state index is 0.197. The maximum absolute atomic E-state index is 12.8. The van der Waals surface area contributed by atoms with Crippen molar-refractivity contribution in [2.75, 3.05) is 0 Å². The van der Waals surface area contributed by atoms with Gasteiger partial charge in [0.15, 0.2) is 0 Å². The average molecular weight is 213 g/mol. The van der Waals surface area contributed by atoms with E-state index in [4.69, 9.17) is 0 Å². The second-order valence-corrected chi connectivity index (χ2v) is 3.81. The van der Waals surface area contributed by atoms with Crippen LogP contribution in [0.15, 0.2) is 48.5 Å². The Kier molecular flexibility index (Phi) is 3.35. The van der Waals surface area contributed by atoms with Gasteiger partial charge in [-0.25, -0.2) is 4.39 Å². The minimum Gasteiger partial charge on any atom is -0.207 e. The monoisotopic (exact) mass is 213 g/mol. The van der Waals surface area contributed by atoms with Gasteiger partial charge < -0.3 is 0 Å². The Bertz CT molecular complexity index is 440. The van der Waals surface area contributed by atoms with E-state index in [-0.39, 0.29) is 5.82 Å². The van der Waals surface area contributed by atoms with Gasteiger partial charge in [-0.1, -0.05) is 43.3 Å². The normalized spacial score (nSPS) is 10.4. The van der Waals surface area contributed by atoms with Gasteiger partial charge in [-0.2, -0.15) is 0 Å². The van der Waals surface area contributed by atoms with Crippen LogP contribution in [0.2, 0.25) is 0 Å². The molecule has 0 bridgehead atoms. The molecule has 16 heavy (non-hydrogen) atoms. The van der Waals surface area contributed by atoms with E-state index >= 15 is 0 Å². The Labute approximate surface area is 95.7 Å². The Balaban J connectivity index is 2.24. The van der Waals surface area contributed by atoms with Crippen LogP contribution < -0.4 is 0 Å². The van der Waals surface area contributed by atoms with Crippen molar-refractivity contribution in [1.29, 1.82) is 0 Å². The summed E-state index contributed by atoms with van der Waals surface area (Å²) in [6.07, 6.45) is 1.92. The minimum atomic E-state index is -0.197. The van der Waals surface area contributed by atoms with E-state index in [1.165, 1.54) is 17.7 Å². The lowest BCUT2D eigenvalue weighted by molar-refractivity contribution is 0.628. The lowest BCUT2D eigenvalue weighted by atomic mass is 10.0. The van der Waals surface area contributed by atoms with E-state index in [1.807, 2.05) is 0 Å². The third kappa shape index (κ3) is 2.48. The quantitative estimate of drug-likeness (QED) is 0.714. The molecule has 0 nitrogen and oxygen atoms in total. The fraction of sp³-hybridized carbons (Fsp3) is 0.133. The molecule has 0 saturated heterocycles. The summed E-state index contributed by atoms with van der Waals surface area (Å²) in [5.41, 5.74) is 3.45. The summed E-state index contributed by atoms with van der Waals surface area (Å²) in [5.74, 6) is -0.197. The van der Waals surface area contributed by atoms with Crippen LogP contribution in [-0.2, 0) is 6.42 Å². The Hall–Kier alpha value is -1.63. The van der Waals surface area contributed by atoms with Crippen LogP contribution in [0, 0.1) is 12.7 Å². The van der Waals surface area contributed by atoms with E-state index in [9.17, 15) is 4.39 Å². The van der Waals surface area contributed by atoms with Crippen LogP contribution in [-0.4, -0.2) is 0 Å². The highest BCUT2D eigenvalue weighted by Crippen LogP contribution is 2.20. The van der Waals surface area contributed by atoms with Crippen molar-refractivity contribution in [3.05, 3.63) is 66.8 Å². The Morgan fingerprint density at radius 3 is 1.81 bits per heavy atom. The number of aryl methyl sites for hydroxylation is 1. The zero-order valence-electron chi connectivity index (χ0n) is 9.12. The molecule has 0 saturated carbocycles. The third-order valence-corrected chi connectivity index (χ3v) is 2.60. The molecule has 0 aliphatic rings. The zero-order valence-corrected chi connectivity index (χ0v) is 9.12. The van der Waals surface area contributed by atoms with Crippen molar-refractivity contribution < 1.29 is 4.39 Å². The molecule has 2 aromatic carbocycles. The van der Waals surface area contributed by atoms with Gasteiger partial charge in [0.1, 0.15) is 5.82 Å². The predicted molar refractivity (Wildman–Crippen MR) is 65.5 cm³/mol. The molecule has 0 heterocycles. The van der Waals surface area contributed by atoms with E-state index in [2.05, 4.69) is 31.2 Å². The molecule has 0 aliphatic carbocycles. The smallest absolute Gasteiger partial charge is 0.123 e. The molecule has 1 heteroatoms. The first-order valence-corrected chi connectivity index (χ1v) is 5.44. The molecule has 0 amide bonds. The molecular weight excluding hydrogens is 199 g/mol. The van der Waals surface area contributed by atoms with Crippen LogP contribution in [0.4, 0.5) is 4.39 Å². The number of hydrogen-bond acceptors (Lipinski definition) is 0. The summed E-state index contributed by atoms with van der Waals surface area (Å²) < 4.78 is 12.8. The molecule has 0 aromatic heterocycles. The SMILES string of the molecule is [CH2]CCc1ccc(-c2ccc(F)cc2)cc1. The summed E-state index contributed by atoms with van der Waals surface area (Å²) in [4.78, 5) is 0. The van der Waals surface area contributed by atoms with Crippen molar-refractivity contribution in [3.8, 4) is 11.1 Å². The molecule has 0 spiro atoms. The molecule has 2 rings (SSSR count). The third-order valence-electron chi connectivity index (χ3n) is 2.60. The number of hydrogen-bond donors (Lipinski definition) is 0. The summed E-state index contributed by atoms with van der Waals surface area (Å²) in [7, 11) is 0. The second-order valence-electron chi connectivity index (χ2n) is 3.81. The summed E-state index contributed by atoms with van der Waals surface area (Å²) in [6, 6.07) is 14.9. The lowest BCUT2D eigenvalue weighted by Crippen LogP contribution is -1.84. The van der Waals surface area contributed by atoms with Crippen LogP contribution in [0.5, 0.6) is 0 Å². The standard InChI is InChI=1S/C15H14F/c1-2-3-12-4-6-13(7-5-12)14-8-10-15(16)11-9-14/h4-11H,1-3H2. The first-order valence-electron chi connectivity index (χ1n) is 5.44. The van der Waals surface area contributed by atoms with Crippen molar-refractivity contribution in [2.45, 2.75) is 12.8 Å². The molecule has 81 valence electrons. The van der Waals surface area contributed by atoms with Crippen molar-refractivity contribution in [1.82, 2.24) is 0 Å². The van der Waals surface area contributed by atoms with E-state index in [0.717, 1.165) is 24.0 Å². The van der Waals surface area contributed by atoms with Crippen LogP contribution in [0.3, 0.4) is 0 Å². The number of rotatable bonds is 3. The van der Waals surface area contributed by atoms with Crippen molar-refractivity contribution >= 4 is 0 Å². The average Bonchev–Trinajstić information content (AvgIpc) is 2.32. The molecule has 0 atom stereocenters.